The summed E-state index contributed by atoms with van der Waals surface area (Å²) in [6.45, 7) is 6.91. The fourth-order valence-electron chi connectivity index (χ4n) is 4.18. The van der Waals surface area contributed by atoms with Gasteiger partial charge in [0.15, 0.2) is 0 Å². The summed E-state index contributed by atoms with van der Waals surface area (Å²) < 4.78 is 0. The number of nitrogens with zero attached hydrogens (tertiary/aromatic N) is 1. The van der Waals surface area contributed by atoms with Crippen LogP contribution in [-0.2, 0) is 0 Å². The Kier molecular flexibility index (Phi) is 4.48. The number of rotatable bonds is 3. The van der Waals surface area contributed by atoms with Crippen LogP contribution in [0.1, 0.15) is 65.2 Å². The average Bonchev–Trinajstić information content (AvgIpc) is 2.39. The number of hydrogen-bond acceptors (Lipinski definition) is 2. The van der Waals surface area contributed by atoms with Crippen LogP contribution in [0.5, 0.6) is 0 Å². The molecule has 0 aromatic heterocycles. The van der Waals surface area contributed by atoms with E-state index in [1.165, 1.54) is 57.9 Å². The lowest BCUT2D eigenvalue weighted by molar-refractivity contribution is -0.0113. The number of piperidine rings is 1. The molecule has 2 N–H and O–H groups in total. The van der Waals surface area contributed by atoms with Gasteiger partial charge in [-0.15, -0.1) is 0 Å². The summed E-state index contributed by atoms with van der Waals surface area (Å²) in [7, 11) is 0. The molecule has 0 aromatic carbocycles. The summed E-state index contributed by atoms with van der Waals surface area (Å²) >= 11 is 0. The monoisotopic (exact) mass is 238 g/mol. The number of likely N-dealkylation sites (tertiary alicyclic amines) is 1. The van der Waals surface area contributed by atoms with Crippen LogP contribution in [0.15, 0.2) is 0 Å². The van der Waals surface area contributed by atoms with Crippen LogP contribution < -0.4 is 5.73 Å². The Morgan fingerprint density at radius 3 is 2.71 bits per heavy atom. The zero-order valence-corrected chi connectivity index (χ0v) is 11.8. The normalized spacial score (nSPS) is 40.4. The van der Waals surface area contributed by atoms with Gasteiger partial charge in [-0.25, -0.2) is 0 Å². The van der Waals surface area contributed by atoms with Crippen molar-refractivity contribution in [2.75, 3.05) is 13.1 Å². The first kappa shape index (κ1) is 13.4. The third-order valence-corrected chi connectivity index (χ3v) is 5.29. The van der Waals surface area contributed by atoms with Crippen molar-refractivity contribution in [3.63, 3.8) is 0 Å². The van der Waals surface area contributed by atoms with Crippen LogP contribution in [0.3, 0.4) is 0 Å². The van der Waals surface area contributed by atoms with Gasteiger partial charge in [-0.3, -0.25) is 4.90 Å². The standard InChI is InChI=1S/C15H30N2/c1-3-14-8-6-9-15(11-14,12-16)17-10-5-4-7-13(17)2/h13-14H,3-12,16H2,1-2H3. The Balaban J connectivity index is 2.11. The van der Waals surface area contributed by atoms with E-state index in [1.807, 2.05) is 0 Å². The largest absolute Gasteiger partial charge is 0.329 e. The molecule has 3 atom stereocenters. The molecule has 0 radical (unpaired) electrons. The summed E-state index contributed by atoms with van der Waals surface area (Å²) in [6, 6.07) is 0.753. The highest BCUT2D eigenvalue weighted by molar-refractivity contribution is 4.99. The molecule has 0 amide bonds. The summed E-state index contributed by atoms with van der Waals surface area (Å²) in [4.78, 5) is 2.78. The third-order valence-electron chi connectivity index (χ3n) is 5.29. The van der Waals surface area contributed by atoms with E-state index in [-0.39, 0.29) is 0 Å². The van der Waals surface area contributed by atoms with Crippen LogP contribution in [0, 0.1) is 5.92 Å². The zero-order valence-electron chi connectivity index (χ0n) is 11.8. The van der Waals surface area contributed by atoms with Gasteiger partial charge < -0.3 is 5.73 Å². The summed E-state index contributed by atoms with van der Waals surface area (Å²) in [5, 5.41) is 0. The van der Waals surface area contributed by atoms with Gasteiger partial charge in [0.25, 0.3) is 0 Å². The topological polar surface area (TPSA) is 29.3 Å². The van der Waals surface area contributed by atoms with E-state index in [4.69, 9.17) is 5.73 Å². The van der Waals surface area contributed by atoms with E-state index in [2.05, 4.69) is 18.7 Å². The van der Waals surface area contributed by atoms with Crippen molar-refractivity contribution in [2.45, 2.75) is 76.8 Å². The Morgan fingerprint density at radius 2 is 2.06 bits per heavy atom. The highest BCUT2D eigenvalue weighted by atomic mass is 15.2. The molecule has 1 saturated carbocycles. The Morgan fingerprint density at radius 1 is 1.24 bits per heavy atom. The average molecular weight is 238 g/mol. The van der Waals surface area contributed by atoms with Gasteiger partial charge in [-0.1, -0.05) is 32.6 Å². The minimum absolute atomic E-state index is 0.346. The molecule has 1 heterocycles. The molecule has 2 nitrogen and oxygen atoms in total. The van der Waals surface area contributed by atoms with E-state index in [1.54, 1.807) is 0 Å². The van der Waals surface area contributed by atoms with Crippen molar-refractivity contribution in [1.29, 1.82) is 0 Å². The van der Waals surface area contributed by atoms with Gasteiger partial charge in [-0.2, -0.15) is 0 Å². The maximum atomic E-state index is 6.21. The zero-order chi connectivity index (χ0) is 12.3. The second kappa shape index (κ2) is 5.71. The maximum Gasteiger partial charge on any atom is 0.0337 e. The second-order valence-electron chi connectivity index (χ2n) is 6.34. The van der Waals surface area contributed by atoms with Crippen LogP contribution in [-0.4, -0.2) is 29.6 Å². The fourth-order valence-corrected chi connectivity index (χ4v) is 4.18. The predicted octanol–water partition coefficient (Wildman–Crippen LogP) is 3.16. The fraction of sp³-hybridized carbons (Fsp3) is 1.00. The molecule has 100 valence electrons. The lowest BCUT2D eigenvalue weighted by atomic mass is 9.72. The highest BCUT2D eigenvalue weighted by Gasteiger charge is 2.42. The van der Waals surface area contributed by atoms with Crippen molar-refractivity contribution >= 4 is 0 Å². The Hall–Kier alpha value is -0.0800. The SMILES string of the molecule is CCC1CCCC(CN)(N2CCCCC2C)C1. The first-order chi connectivity index (χ1) is 8.22. The van der Waals surface area contributed by atoms with Crippen LogP contribution in [0.4, 0.5) is 0 Å². The lowest BCUT2D eigenvalue weighted by Gasteiger charge is -2.52. The Labute approximate surface area is 107 Å². The van der Waals surface area contributed by atoms with Gasteiger partial charge in [0, 0.05) is 18.1 Å². The molecule has 1 aliphatic heterocycles. The van der Waals surface area contributed by atoms with Crippen molar-refractivity contribution < 1.29 is 0 Å². The molecule has 1 aliphatic carbocycles. The van der Waals surface area contributed by atoms with Crippen molar-refractivity contribution in [3.8, 4) is 0 Å². The quantitative estimate of drug-likeness (QED) is 0.818. The predicted molar refractivity (Wildman–Crippen MR) is 74.1 cm³/mol. The Bertz CT molecular complexity index is 241. The van der Waals surface area contributed by atoms with Crippen molar-refractivity contribution in [2.24, 2.45) is 11.7 Å². The second-order valence-corrected chi connectivity index (χ2v) is 6.34. The van der Waals surface area contributed by atoms with Gasteiger partial charge in [-0.05, 0) is 45.1 Å². The van der Waals surface area contributed by atoms with E-state index in [0.29, 0.717) is 5.54 Å². The first-order valence-electron chi connectivity index (χ1n) is 7.68. The van der Waals surface area contributed by atoms with E-state index < -0.39 is 0 Å². The van der Waals surface area contributed by atoms with Gasteiger partial charge in [0.1, 0.15) is 0 Å². The molecule has 1 saturated heterocycles. The first-order valence-corrected chi connectivity index (χ1v) is 7.68. The molecular weight excluding hydrogens is 208 g/mol. The minimum atomic E-state index is 0.346. The lowest BCUT2D eigenvalue weighted by Crippen LogP contribution is -2.60. The molecule has 2 rings (SSSR count). The number of hydrogen-bond donors (Lipinski definition) is 1. The molecule has 0 spiro atoms. The molecule has 2 aliphatic rings. The highest BCUT2D eigenvalue weighted by Crippen LogP contribution is 2.40. The molecule has 0 aromatic rings. The van der Waals surface area contributed by atoms with Crippen LogP contribution >= 0.6 is 0 Å². The van der Waals surface area contributed by atoms with E-state index in [9.17, 15) is 0 Å². The van der Waals surface area contributed by atoms with Crippen LogP contribution in [0.25, 0.3) is 0 Å². The van der Waals surface area contributed by atoms with Gasteiger partial charge in [0.2, 0.25) is 0 Å². The molecule has 2 heteroatoms. The molecule has 0 bridgehead atoms. The van der Waals surface area contributed by atoms with Gasteiger partial charge in [0.05, 0.1) is 0 Å². The molecule has 2 fully saturated rings. The molecule has 3 unspecified atom stereocenters. The van der Waals surface area contributed by atoms with Crippen molar-refractivity contribution in [1.82, 2.24) is 4.90 Å². The maximum absolute atomic E-state index is 6.21. The summed E-state index contributed by atoms with van der Waals surface area (Å²) in [6.07, 6.45) is 11.0. The third kappa shape index (κ3) is 2.68. The minimum Gasteiger partial charge on any atom is -0.329 e. The van der Waals surface area contributed by atoms with E-state index >= 15 is 0 Å². The summed E-state index contributed by atoms with van der Waals surface area (Å²) in [5.41, 5.74) is 6.55. The van der Waals surface area contributed by atoms with Gasteiger partial charge >= 0.3 is 0 Å². The van der Waals surface area contributed by atoms with E-state index in [0.717, 1.165) is 18.5 Å². The van der Waals surface area contributed by atoms with Crippen LogP contribution in [0.2, 0.25) is 0 Å². The smallest absolute Gasteiger partial charge is 0.0337 e. The molecule has 17 heavy (non-hydrogen) atoms. The van der Waals surface area contributed by atoms with Crippen molar-refractivity contribution in [3.05, 3.63) is 0 Å². The summed E-state index contributed by atoms with van der Waals surface area (Å²) in [5.74, 6) is 0.918. The molecular formula is C15H30N2. The number of nitrogens with two attached hydrogens (primary N) is 1.